The molecule has 0 radical (unpaired) electrons. The first kappa shape index (κ1) is 17.8. The number of nitrogens with zero attached hydrogens (tertiary/aromatic N) is 2. The average molecular weight is 344 g/mol. The minimum Gasteiger partial charge on any atom is -0.469 e. The third-order valence-electron chi connectivity index (χ3n) is 5.72. The summed E-state index contributed by atoms with van der Waals surface area (Å²) < 4.78 is 4.85. The van der Waals surface area contributed by atoms with Crippen LogP contribution in [0.2, 0.25) is 0 Å². The standard InChI is InChI=1S/C20H28N2O3/c1-14-12-13-21(2)17-6-4-5-7-18(17)22(14)19(23)15-8-10-16(11-9-15)20(24)25-3/h4-7,14-16H,8-13H2,1-3H3/t14-,15?,16?/m0/s1. The van der Waals surface area contributed by atoms with Crippen LogP contribution in [0.25, 0.3) is 0 Å². The molecule has 1 amide bonds. The average Bonchev–Trinajstić information content (AvgIpc) is 2.77. The van der Waals surface area contributed by atoms with Crippen molar-refractivity contribution >= 4 is 23.3 Å². The highest BCUT2D eigenvalue weighted by Gasteiger charge is 2.36. The van der Waals surface area contributed by atoms with E-state index in [1.807, 2.05) is 23.1 Å². The Hall–Kier alpha value is -2.04. The highest BCUT2D eigenvalue weighted by Crippen LogP contribution is 2.37. The second-order valence-electron chi connectivity index (χ2n) is 7.33. The zero-order valence-electron chi connectivity index (χ0n) is 15.4. The van der Waals surface area contributed by atoms with Gasteiger partial charge >= 0.3 is 5.97 Å². The molecule has 1 saturated carbocycles. The minimum absolute atomic E-state index is 0.000168. The van der Waals surface area contributed by atoms with Gasteiger partial charge in [0.15, 0.2) is 0 Å². The smallest absolute Gasteiger partial charge is 0.308 e. The number of para-hydroxylation sites is 2. The third kappa shape index (κ3) is 3.51. The van der Waals surface area contributed by atoms with E-state index < -0.39 is 0 Å². The van der Waals surface area contributed by atoms with E-state index in [9.17, 15) is 9.59 Å². The monoisotopic (exact) mass is 344 g/mol. The number of hydrogen-bond donors (Lipinski definition) is 0. The van der Waals surface area contributed by atoms with Gasteiger partial charge in [0.05, 0.1) is 24.4 Å². The van der Waals surface area contributed by atoms with Gasteiger partial charge in [-0.25, -0.2) is 0 Å². The Morgan fingerprint density at radius 2 is 1.60 bits per heavy atom. The van der Waals surface area contributed by atoms with Gasteiger partial charge in [-0.2, -0.15) is 0 Å². The molecule has 5 heteroatoms. The van der Waals surface area contributed by atoms with Crippen molar-refractivity contribution in [2.24, 2.45) is 11.8 Å². The third-order valence-corrected chi connectivity index (χ3v) is 5.72. The first-order chi connectivity index (χ1) is 12.0. The van der Waals surface area contributed by atoms with Gasteiger partial charge in [-0.1, -0.05) is 12.1 Å². The molecule has 1 atom stereocenters. The fraction of sp³-hybridized carbons (Fsp3) is 0.600. The molecule has 25 heavy (non-hydrogen) atoms. The summed E-state index contributed by atoms with van der Waals surface area (Å²) in [5.41, 5.74) is 2.12. The van der Waals surface area contributed by atoms with Crippen molar-refractivity contribution in [3.8, 4) is 0 Å². The topological polar surface area (TPSA) is 49.9 Å². The van der Waals surface area contributed by atoms with Gasteiger partial charge in [0.25, 0.3) is 0 Å². The van der Waals surface area contributed by atoms with Crippen molar-refractivity contribution in [3.63, 3.8) is 0 Å². The van der Waals surface area contributed by atoms with E-state index in [-0.39, 0.29) is 29.8 Å². The normalized spacial score (nSPS) is 26.6. The lowest BCUT2D eigenvalue weighted by Gasteiger charge is -2.34. The first-order valence-corrected chi connectivity index (χ1v) is 9.24. The maximum absolute atomic E-state index is 13.3. The molecule has 0 aromatic heterocycles. The van der Waals surface area contributed by atoms with Gasteiger partial charge in [-0.05, 0) is 51.2 Å². The Morgan fingerprint density at radius 3 is 2.24 bits per heavy atom. The number of ether oxygens (including phenoxy) is 1. The van der Waals surface area contributed by atoms with Gasteiger partial charge in [-0.3, -0.25) is 9.59 Å². The molecule has 1 fully saturated rings. The quantitative estimate of drug-likeness (QED) is 0.773. The number of hydrogen-bond acceptors (Lipinski definition) is 4. The van der Waals surface area contributed by atoms with Crippen LogP contribution in [0, 0.1) is 11.8 Å². The second-order valence-corrected chi connectivity index (χ2v) is 7.33. The van der Waals surface area contributed by atoms with Gasteiger partial charge in [0, 0.05) is 25.6 Å². The van der Waals surface area contributed by atoms with E-state index in [1.54, 1.807) is 0 Å². The molecular weight excluding hydrogens is 316 g/mol. The zero-order chi connectivity index (χ0) is 18.0. The molecule has 3 rings (SSSR count). The Kier molecular flexibility index (Phi) is 5.30. The van der Waals surface area contributed by atoms with Gasteiger partial charge in [0.1, 0.15) is 0 Å². The maximum atomic E-state index is 13.3. The van der Waals surface area contributed by atoms with E-state index in [0.29, 0.717) is 0 Å². The highest BCUT2D eigenvalue weighted by atomic mass is 16.5. The molecule has 136 valence electrons. The number of anilines is 2. The summed E-state index contributed by atoms with van der Waals surface area (Å²) in [6.07, 6.45) is 3.97. The summed E-state index contributed by atoms with van der Waals surface area (Å²) >= 11 is 0. The number of benzene rings is 1. The maximum Gasteiger partial charge on any atom is 0.308 e. The van der Waals surface area contributed by atoms with Crippen LogP contribution >= 0.6 is 0 Å². The molecule has 0 N–H and O–H groups in total. The van der Waals surface area contributed by atoms with Crippen molar-refractivity contribution < 1.29 is 14.3 Å². The summed E-state index contributed by atoms with van der Waals surface area (Å²) in [6.45, 7) is 3.07. The largest absolute Gasteiger partial charge is 0.469 e. The van der Waals surface area contributed by atoms with Crippen molar-refractivity contribution in [2.75, 3.05) is 30.5 Å². The number of fused-ring (bicyclic) bond motifs is 1. The summed E-state index contributed by atoms with van der Waals surface area (Å²) in [5.74, 6) is 0.0217. The molecule has 1 heterocycles. The molecule has 1 aliphatic heterocycles. The number of rotatable bonds is 2. The summed E-state index contributed by atoms with van der Waals surface area (Å²) in [7, 11) is 3.52. The number of methoxy groups -OCH3 is 1. The lowest BCUT2D eigenvalue weighted by molar-refractivity contribution is -0.147. The number of carbonyl (C=O) groups excluding carboxylic acids is 2. The lowest BCUT2D eigenvalue weighted by Crippen LogP contribution is -2.43. The van der Waals surface area contributed by atoms with Crippen LogP contribution < -0.4 is 9.80 Å². The zero-order valence-corrected chi connectivity index (χ0v) is 15.4. The van der Waals surface area contributed by atoms with Gasteiger partial charge in [0.2, 0.25) is 5.91 Å². The van der Waals surface area contributed by atoms with Crippen LogP contribution in [-0.2, 0) is 14.3 Å². The second kappa shape index (κ2) is 7.46. The molecule has 5 nitrogen and oxygen atoms in total. The van der Waals surface area contributed by atoms with Crippen molar-refractivity contribution in [3.05, 3.63) is 24.3 Å². The molecule has 2 aliphatic rings. The van der Waals surface area contributed by atoms with Crippen molar-refractivity contribution in [1.82, 2.24) is 0 Å². The van der Waals surface area contributed by atoms with Crippen LogP contribution in [0.15, 0.2) is 24.3 Å². The molecular formula is C20H28N2O3. The number of esters is 1. The molecule has 0 saturated heterocycles. The molecule has 1 aliphatic carbocycles. The van der Waals surface area contributed by atoms with Crippen molar-refractivity contribution in [1.29, 1.82) is 0 Å². The van der Waals surface area contributed by atoms with Crippen LogP contribution in [0.5, 0.6) is 0 Å². The SMILES string of the molecule is COC(=O)C1CCC(C(=O)N2c3ccccc3N(C)CC[C@@H]2C)CC1. The molecule has 1 aromatic rings. The van der Waals surface area contributed by atoms with Gasteiger partial charge in [-0.15, -0.1) is 0 Å². The Balaban J connectivity index is 1.79. The van der Waals surface area contributed by atoms with Crippen LogP contribution in [0.3, 0.4) is 0 Å². The van der Waals surface area contributed by atoms with E-state index in [4.69, 9.17) is 4.74 Å². The molecule has 0 spiro atoms. The van der Waals surface area contributed by atoms with Crippen LogP contribution in [0.1, 0.15) is 39.0 Å². The van der Waals surface area contributed by atoms with E-state index in [1.165, 1.54) is 7.11 Å². The Morgan fingerprint density at radius 1 is 1.00 bits per heavy atom. The molecule has 0 bridgehead atoms. The van der Waals surface area contributed by atoms with E-state index >= 15 is 0 Å². The summed E-state index contributed by atoms with van der Waals surface area (Å²) in [4.78, 5) is 29.3. The van der Waals surface area contributed by atoms with E-state index in [2.05, 4.69) is 24.9 Å². The molecule has 1 aromatic carbocycles. The first-order valence-electron chi connectivity index (χ1n) is 9.24. The predicted octanol–water partition coefficient (Wildman–Crippen LogP) is 3.23. The fourth-order valence-corrected chi connectivity index (χ4v) is 4.13. The Labute approximate surface area is 149 Å². The minimum atomic E-state index is -0.138. The van der Waals surface area contributed by atoms with Crippen molar-refractivity contribution in [2.45, 2.75) is 45.1 Å². The summed E-state index contributed by atoms with van der Waals surface area (Å²) in [5, 5.41) is 0. The van der Waals surface area contributed by atoms with Crippen LogP contribution in [-0.4, -0.2) is 38.6 Å². The molecule has 0 unspecified atom stereocenters. The highest BCUT2D eigenvalue weighted by molar-refractivity contribution is 5.99. The number of amides is 1. The Bertz CT molecular complexity index is 638. The predicted molar refractivity (Wildman–Crippen MR) is 98.7 cm³/mol. The lowest BCUT2D eigenvalue weighted by atomic mass is 9.81. The van der Waals surface area contributed by atoms with Gasteiger partial charge < -0.3 is 14.5 Å². The summed E-state index contributed by atoms with van der Waals surface area (Å²) in [6, 6.07) is 8.33. The fourth-order valence-electron chi connectivity index (χ4n) is 4.13. The van der Waals surface area contributed by atoms with E-state index in [0.717, 1.165) is 50.0 Å². The number of carbonyl (C=O) groups is 2. The van der Waals surface area contributed by atoms with Crippen LogP contribution in [0.4, 0.5) is 11.4 Å².